The number of hydrogen-bond acceptors (Lipinski definition) is 2. The van der Waals surface area contributed by atoms with Crippen molar-refractivity contribution in [2.24, 2.45) is 10.9 Å². The molecule has 0 aromatic carbocycles. The molecule has 0 saturated heterocycles. The topological polar surface area (TPSA) is 21.6 Å². The Labute approximate surface area is 96.3 Å². The van der Waals surface area contributed by atoms with Gasteiger partial charge in [0.05, 0.1) is 0 Å². The molecule has 0 aliphatic carbocycles. The van der Waals surface area contributed by atoms with Crippen LogP contribution in [0.4, 0.5) is 0 Å². The molecule has 0 amide bonds. The summed E-state index contributed by atoms with van der Waals surface area (Å²) in [7, 11) is 0.482. The van der Waals surface area contributed by atoms with Gasteiger partial charge in [-0.05, 0) is 44.8 Å². The Kier molecular flexibility index (Phi) is 7.10. The fourth-order valence-corrected chi connectivity index (χ4v) is 2.75. The van der Waals surface area contributed by atoms with Crippen LogP contribution in [0, 0.1) is 5.92 Å². The summed E-state index contributed by atoms with van der Waals surface area (Å²) < 4.78 is 5.50. The van der Waals surface area contributed by atoms with E-state index in [1.54, 1.807) is 0 Å². The van der Waals surface area contributed by atoms with Crippen LogP contribution >= 0.6 is 0 Å². The Bertz CT molecular complexity index is 200. The molecule has 0 fully saturated rings. The minimum Gasteiger partial charge on any atom is -0.420 e. The van der Waals surface area contributed by atoms with Crippen molar-refractivity contribution in [3.8, 4) is 0 Å². The third-order valence-electron chi connectivity index (χ3n) is 2.57. The second-order valence-electron chi connectivity index (χ2n) is 5.28. The standard InChI is InChI=1S/C12H27NOSi/c1-11(2)10-12(3)13-8-7-9-15(5,6)14-4/h11H,7-10H2,1-6H3/b13-12+. The van der Waals surface area contributed by atoms with E-state index in [1.165, 1.54) is 18.2 Å². The molecule has 15 heavy (non-hydrogen) atoms. The van der Waals surface area contributed by atoms with Crippen molar-refractivity contribution >= 4 is 14.0 Å². The molecule has 0 saturated carbocycles. The lowest BCUT2D eigenvalue weighted by molar-refractivity contribution is 0.402. The summed E-state index contributed by atoms with van der Waals surface area (Å²) >= 11 is 0. The molecule has 0 aliphatic heterocycles. The molecule has 0 unspecified atom stereocenters. The van der Waals surface area contributed by atoms with Crippen LogP contribution in [-0.2, 0) is 4.43 Å². The van der Waals surface area contributed by atoms with Crippen molar-refractivity contribution in [2.45, 2.75) is 52.8 Å². The summed E-state index contributed by atoms with van der Waals surface area (Å²) in [6.07, 6.45) is 2.30. The van der Waals surface area contributed by atoms with Crippen molar-refractivity contribution in [1.82, 2.24) is 0 Å². The lowest BCUT2D eigenvalue weighted by Crippen LogP contribution is -2.28. The normalized spacial score (nSPS) is 13.7. The Balaban J connectivity index is 3.69. The molecule has 0 radical (unpaired) electrons. The van der Waals surface area contributed by atoms with Gasteiger partial charge in [-0.3, -0.25) is 4.99 Å². The summed E-state index contributed by atoms with van der Waals surface area (Å²) in [6, 6.07) is 1.21. The fraction of sp³-hybridized carbons (Fsp3) is 0.917. The molecule has 0 heterocycles. The van der Waals surface area contributed by atoms with E-state index >= 15 is 0 Å². The SMILES string of the molecule is CO[Si](C)(C)CCC/N=C(\C)CC(C)C. The van der Waals surface area contributed by atoms with Crippen LogP contribution in [0.15, 0.2) is 4.99 Å². The first-order chi connectivity index (χ1) is 6.87. The van der Waals surface area contributed by atoms with E-state index in [2.05, 4.69) is 38.9 Å². The molecule has 0 N–H and O–H groups in total. The molecular weight excluding hydrogens is 202 g/mol. The highest BCUT2D eigenvalue weighted by molar-refractivity contribution is 6.71. The van der Waals surface area contributed by atoms with Gasteiger partial charge in [-0.15, -0.1) is 0 Å². The van der Waals surface area contributed by atoms with Crippen molar-refractivity contribution in [3.05, 3.63) is 0 Å². The van der Waals surface area contributed by atoms with Gasteiger partial charge in [0.2, 0.25) is 0 Å². The summed E-state index contributed by atoms with van der Waals surface area (Å²) in [5.41, 5.74) is 1.29. The molecule has 0 aromatic heterocycles. The third kappa shape index (κ3) is 8.82. The van der Waals surface area contributed by atoms with E-state index in [0.29, 0.717) is 0 Å². The predicted molar refractivity (Wildman–Crippen MR) is 71.3 cm³/mol. The van der Waals surface area contributed by atoms with Crippen LogP contribution < -0.4 is 0 Å². The maximum absolute atomic E-state index is 5.50. The summed E-state index contributed by atoms with van der Waals surface area (Å²) in [6.45, 7) is 12.1. The monoisotopic (exact) mass is 229 g/mol. The molecule has 0 rings (SSSR count). The van der Waals surface area contributed by atoms with Gasteiger partial charge in [0.1, 0.15) is 0 Å². The van der Waals surface area contributed by atoms with E-state index < -0.39 is 8.32 Å². The van der Waals surface area contributed by atoms with Crippen molar-refractivity contribution in [2.75, 3.05) is 13.7 Å². The molecule has 0 bridgehead atoms. The van der Waals surface area contributed by atoms with Gasteiger partial charge in [-0.25, -0.2) is 0 Å². The Morgan fingerprint density at radius 2 is 1.93 bits per heavy atom. The number of rotatable bonds is 7. The molecule has 3 heteroatoms. The van der Waals surface area contributed by atoms with E-state index in [1.807, 2.05) is 7.11 Å². The Hall–Kier alpha value is -0.153. The van der Waals surface area contributed by atoms with Crippen molar-refractivity contribution in [3.63, 3.8) is 0 Å². The minimum absolute atomic E-state index is 0.721. The Morgan fingerprint density at radius 3 is 2.40 bits per heavy atom. The molecule has 2 nitrogen and oxygen atoms in total. The second-order valence-corrected chi connectivity index (χ2v) is 9.71. The van der Waals surface area contributed by atoms with E-state index in [0.717, 1.165) is 18.9 Å². The minimum atomic E-state index is -1.35. The molecule has 0 atom stereocenters. The fourth-order valence-electron chi connectivity index (χ4n) is 1.53. The van der Waals surface area contributed by atoms with Gasteiger partial charge >= 0.3 is 0 Å². The number of hydrogen-bond donors (Lipinski definition) is 0. The molecule has 90 valence electrons. The average molecular weight is 229 g/mol. The van der Waals surface area contributed by atoms with Crippen molar-refractivity contribution in [1.29, 1.82) is 0 Å². The van der Waals surface area contributed by atoms with E-state index in [9.17, 15) is 0 Å². The molecule has 0 spiro atoms. The molecular formula is C12H27NOSi. The van der Waals surface area contributed by atoms with Gasteiger partial charge in [-0.2, -0.15) is 0 Å². The van der Waals surface area contributed by atoms with Gasteiger partial charge in [0, 0.05) is 19.4 Å². The highest BCUT2D eigenvalue weighted by Crippen LogP contribution is 2.12. The van der Waals surface area contributed by atoms with Gasteiger partial charge in [0.15, 0.2) is 8.32 Å². The Morgan fingerprint density at radius 1 is 1.33 bits per heavy atom. The summed E-state index contributed by atoms with van der Waals surface area (Å²) in [4.78, 5) is 4.58. The molecule has 0 aromatic rings. The highest BCUT2D eigenvalue weighted by atomic mass is 28.4. The van der Waals surface area contributed by atoms with Crippen LogP contribution in [-0.4, -0.2) is 27.7 Å². The second kappa shape index (κ2) is 7.18. The van der Waals surface area contributed by atoms with Gasteiger partial charge in [-0.1, -0.05) is 13.8 Å². The first-order valence-electron chi connectivity index (χ1n) is 5.92. The first kappa shape index (κ1) is 14.8. The van der Waals surface area contributed by atoms with Crippen molar-refractivity contribution < 1.29 is 4.43 Å². The zero-order valence-electron chi connectivity index (χ0n) is 11.3. The first-order valence-corrected chi connectivity index (χ1v) is 9.04. The number of nitrogens with zero attached hydrogens (tertiary/aromatic N) is 1. The van der Waals surface area contributed by atoms with Crippen LogP contribution in [0.2, 0.25) is 19.1 Å². The highest BCUT2D eigenvalue weighted by Gasteiger charge is 2.19. The lowest BCUT2D eigenvalue weighted by atomic mass is 10.1. The van der Waals surface area contributed by atoms with E-state index in [-0.39, 0.29) is 0 Å². The summed E-state index contributed by atoms with van der Waals surface area (Å²) in [5, 5.41) is 0. The van der Waals surface area contributed by atoms with E-state index in [4.69, 9.17) is 4.43 Å². The van der Waals surface area contributed by atoms with Crippen LogP contribution in [0.3, 0.4) is 0 Å². The summed E-state index contributed by atoms with van der Waals surface area (Å²) in [5.74, 6) is 0.721. The number of aliphatic imine (C=N–C) groups is 1. The van der Waals surface area contributed by atoms with Gasteiger partial charge < -0.3 is 4.43 Å². The average Bonchev–Trinajstić information content (AvgIpc) is 2.11. The van der Waals surface area contributed by atoms with Crippen LogP contribution in [0.25, 0.3) is 0 Å². The zero-order valence-corrected chi connectivity index (χ0v) is 12.3. The third-order valence-corrected chi connectivity index (χ3v) is 5.24. The maximum atomic E-state index is 5.50. The zero-order chi connectivity index (χ0) is 11.9. The van der Waals surface area contributed by atoms with Crippen LogP contribution in [0.5, 0.6) is 0 Å². The quantitative estimate of drug-likeness (QED) is 0.370. The lowest BCUT2D eigenvalue weighted by Gasteiger charge is -2.18. The maximum Gasteiger partial charge on any atom is 0.186 e. The molecule has 0 aliphatic rings. The predicted octanol–water partition coefficient (Wildman–Crippen LogP) is 3.74. The van der Waals surface area contributed by atoms with Crippen LogP contribution in [0.1, 0.15) is 33.6 Å². The largest absolute Gasteiger partial charge is 0.420 e. The smallest absolute Gasteiger partial charge is 0.186 e. The van der Waals surface area contributed by atoms with Gasteiger partial charge in [0.25, 0.3) is 0 Å².